The monoisotopic (exact) mass is 305 g/mol. The molecule has 0 aliphatic rings. The molecule has 92 valence electrons. The summed E-state index contributed by atoms with van der Waals surface area (Å²) in [5, 5.41) is 13.1. The van der Waals surface area contributed by atoms with E-state index in [-0.39, 0.29) is 0 Å². The van der Waals surface area contributed by atoms with Crippen LogP contribution in [-0.4, -0.2) is 9.78 Å². The Hall–Kier alpha value is -1.80. The number of halogens is 1. The molecule has 0 radical (unpaired) electrons. The number of hydrogen-bond acceptors (Lipinski definition) is 3. The number of aromatic nitrogens is 2. The van der Waals surface area contributed by atoms with Crippen LogP contribution in [-0.2, 0) is 6.54 Å². The lowest BCUT2D eigenvalue weighted by atomic mass is 10.2. The number of benzene rings is 1. The van der Waals surface area contributed by atoms with Crippen LogP contribution in [0.2, 0.25) is 0 Å². The Kier molecular flexibility index (Phi) is 4.00. The first-order valence-corrected chi connectivity index (χ1v) is 6.41. The second-order valence-corrected chi connectivity index (χ2v) is 4.74. The Morgan fingerprint density at radius 3 is 2.94 bits per heavy atom. The standard InChI is InChI=1S/C13H12BrN3O/c1-2-3-17-9-13(8-16-17)18-12-5-10(7-15)4-11(14)6-12/h4-6,8-9H,2-3H2,1H3. The Labute approximate surface area is 114 Å². The molecule has 2 aromatic rings. The van der Waals surface area contributed by atoms with Crippen LogP contribution in [0.5, 0.6) is 11.5 Å². The van der Waals surface area contributed by atoms with Gasteiger partial charge in [-0.1, -0.05) is 22.9 Å². The van der Waals surface area contributed by atoms with E-state index in [0.29, 0.717) is 17.1 Å². The molecule has 18 heavy (non-hydrogen) atoms. The first-order chi connectivity index (χ1) is 8.71. The van der Waals surface area contributed by atoms with Crippen molar-refractivity contribution in [2.45, 2.75) is 19.9 Å². The Morgan fingerprint density at radius 1 is 1.39 bits per heavy atom. The van der Waals surface area contributed by atoms with Gasteiger partial charge in [-0.05, 0) is 24.6 Å². The summed E-state index contributed by atoms with van der Waals surface area (Å²) < 4.78 is 8.31. The zero-order chi connectivity index (χ0) is 13.0. The molecule has 5 heteroatoms. The number of ether oxygens (including phenoxy) is 1. The average molecular weight is 306 g/mol. The molecule has 1 aromatic heterocycles. The fourth-order valence-corrected chi connectivity index (χ4v) is 2.04. The van der Waals surface area contributed by atoms with E-state index >= 15 is 0 Å². The normalized spacial score (nSPS) is 10.1. The summed E-state index contributed by atoms with van der Waals surface area (Å²) in [6.07, 6.45) is 4.54. The van der Waals surface area contributed by atoms with E-state index < -0.39 is 0 Å². The number of nitrogens with zero attached hydrogens (tertiary/aromatic N) is 3. The van der Waals surface area contributed by atoms with Gasteiger partial charge in [-0.25, -0.2) is 0 Å². The molecule has 0 amide bonds. The van der Waals surface area contributed by atoms with Crippen LogP contribution in [0.3, 0.4) is 0 Å². The van der Waals surface area contributed by atoms with Crippen LogP contribution in [0.15, 0.2) is 35.1 Å². The summed E-state index contributed by atoms with van der Waals surface area (Å²) >= 11 is 3.35. The van der Waals surface area contributed by atoms with Gasteiger partial charge >= 0.3 is 0 Å². The predicted molar refractivity (Wildman–Crippen MR) is 71.4 cm³/mol. The third kappa shape index (κ3) is 3.11. The van der Waals surface area contributed by atoms with Crippen molar-refractivity contribution < 1.29 is 4.74 Å². The number of hydrogen-bond donors (Lipinski definition) is 0. The van der Waals surface area contributed by atoms with Gasteiger partial charge in [0.25, 0.3) is 0 Å². The lowest BCUT2D eigenvalue weighted by molar-refractivity contribution is 0.480. The summed E-state index contributed by atoms with van der Waals surface area (Å²) in [5.74, 6) is 1.29. The fourth-order valence-electron chi connectivity index (χ4n) is 1.57. The van der Waals surface area contributed by atoms with Crippen molar-refractivity contribution in [3.05, 3.63) is 40.6 Å². The molecule has 0 aliphatic carbocycles. The molecule has 0 bridgehead atoms. The van der Waals surface area contributed by atoms with Crippen LogP contribution in [0, 0.1) is 11.3 Å². The quantitative estimate of drug-likeness (QED) is 0.865. The van der Waals surface area contributed by atoms with Crippen molar-refractivity contribution in [2.24, 2.45) is 0 Å². The average Bonchev–Trinajstić information content (AvgIpc) is 2.76. The molecule has 4 nitrogen and oxygen atoms in total. The highest BCUT2D eigenvalue weighted by Crippen LogP contribution is 2.25. The van der Waals surface area contributed by atoms with Gasteiger partial charge in [0.1, 0.15) is 5.75 Å². The summed E-state index contributed by atoms with van der Waals surface area (Å²) in [6, 6.07) is 7.35. The SMILES string of the molecule is CCCn1cc(Oc2cc(Br)cc(C#N)c2)cn1. The molecule has 0 N–H and O–H groups in total. The minimum atomic E-state index is 0.556. The maximum absolute atomic E-state index is 8.88. The van der Waals surface area contributed by atoms with E-state index in [1.54, 1.807) is 18.3 Å². The third-order valence-electron chi connectivity index (χ3n) is 2.30. The van der Waals surface area contributed by atoms with Gasteiger partial charge in [0.15, 0.2) is 5.75 Å². The Bertz CT molecular complexity index is 586. The molecule has 1 heterocycles. The van der Waals surface area contributed by atoms with Gasteiger partial charge in [0, 0.05) is 11.0 Å². The van der Waals surface area contributed by atoms with Gasteiger partial charge < -0.3 is 4.74 Å². The summed E-state index contributed by atoms with van der Waals surface area (Å²) in [4.78, 5) is 0. The largest absolute Gasteiger partial charge is 0.454 e. The topological polar surface area (TPSA) is 50.8 Å². The smallest absolute Gasteiger partial charge is 0.165 e. The van der Waals surface area contributed by atoms with Crippen LogP contribution < -0.4 is 4.74 Å². The molecule has 2 rings (SSSR count). The number of aryl methyl sites for hydroxylation is 1. The van der Waals surface area contributed by atoms with Crippen molar-refractivity contribution >= 4 is 15.9 Å². The Balaban J connectivity index is 2.17. The van der Waals surface area contributed by atoms with Gasteiger partial charge in [-0.2, -0.15) is 10.4 Å². The molecule has 0 aliphatic heterocycles. The second-order valence-electron chi connectivity index (χ2n) is 3.83. The summed E-state index contributed by atoms with van der Waals surface area (Å²) in [7, 11) is 0. The van der Waals surface area contributed by atoms with Gasteiger partial charge in [0.2, 0.25) is 0 Å². The van der Waals surface area contributed by atoms with Crippen molar-refractivity contribution in [1.29, 1.82) is 5.26 Å². The molecule has 1 aromatic carbocycles. The maximum atomic E-state index is 8.88. The third-order valence-corrected chi connectivity index (χ3v) is 2.76. The molecule has 0 unspecified atom stereocenters. The Morgan fingerprint density at radius 2 is 2.22 bits per heavy atom. The molecular weight excluding hydrogens is 294 g/mol. The molecule has 0 spiro atoms. The van der Waals surface area contributed by atoms with Crippen molar-refractivity contribution in [3.63, 3.8) is 0 Å². The minimum absolute atomic E-state index is 0.556. The van der Waals surface area contributed by atoms with Gasteiger partial charge in [-0.3, -0.25) is 4.68 Å². The van der Waals surface area contributed by atoms with Crippen LogP contribution >= 0.6 is 15.9 Å². The maximum Gasteiger partial charge on any atom is 0.165 e. The highest BCUT2D eigenvalue weighted by Gasteiger charge is 2.04. The predicted octanol–water partition coefficient (Wildman–Crippen LogP) is 3.72. The zero-order valence-electron chi connectivity index (χ0n) is 9.93. The van der Waals surface area contributed by atoms with E-state index in [2.05, 4.69) is 34.0 Å². The van der Waals surface area contributed by atoms with Crippen LogP contribution in [0.25, 0.3) is 0 Å². The number of nitriles is 1. The molecule has 0 saturated carbocycles. The van der Waals surface area contributed by atoms with E-state index in [9.17, 15) is 0 Å². The van der Waals surface area contributed by atoms with Crippen LogP contribution in [0.4, 0.5) is 0 Å². The van der Waals surface area contributed by atoms with Crippen molar-refractivity contribution in [3.8, 4) is 17.6 Å². The number of rotatable bonds is 4. The van der Waals surface area contributed by atoms with Gasteiger partial charge in [0.05, 0.1) is 24.0 Å². The van der Waals surface area contributed by atoms with Crippen molar-refractivity contribution in [2.75, 3.05) is 0 Å². The molecule has 0 fully saturated rings. The minimum Gasteiger partial charge on any atom is -0.454 e. The van der Waals surface area contributed by atoms with E-state index in [4.69, 9.17) is 10.00 Å². The van der Waals surface area contributed by atoms with E-state index in [0.717, 1.165) is 17.4 Å². The fraction of sp³-hybridized carbons (Fsp3) is 0.231. The zero-order valence-corrected chi connectivity index (χ0v) is 11.5. The highest BCUT2D eigenvalue weighted by molar-refractivity contribution is 9.10. The van der Waals surface area contributed by atoms with Crippen molar-refractivity contribution in [1.82, 2.24) is 9.78 Å². The van der Waals surface area contributed by atoms with E-state index in [1.807, 2.05) is 16.9 Å². The molecule has 0 atom stereocenters. The first kappa shape index (κ1) is 12.7. The first-order valence-electron chi connectivity index (χ1n) is 5.62. The summed E-state index contributed by atoms with van der Waals surface area (Å²) in [6.45, 7) is 2.96. The van der Waals surface area contributed by atoms with Gasteiger partial charge in [-0.15, -0.1) is 0 Å². The summed E-state index contributed by atoms with van der Waals surface area (Å²) in [5.41, 5.74) is 0.556. The lowest BCUT2D eigenvalue weighted by Gasteiger charge is -2.03. The lowest BCUT2D eigenvalue weighted by Crippen LogP contribution is -1.95. The molecular formula is C13H12BrN3O. The van der Waals surface area contributed by atoms with E-state index in [1.165, 1.54) is 0 Å². The second kappa shape index (κ2) is 5.69. The molecule has 0 saturated heterocycles. The van der Waals surface area contributed by atoms with Crippen LogP contribution in [0.1, 0.15) is 18.9 Å². The highest BCUT2D eigenvalue weighted by atomic mass is 79.9.